The third kappa shape index (κ3) is 4.81. The summed E-state index contributed by atoms with van der Waals surface area (Å²) in [6.45, 7) is 1.61. The monoisotopic (exact) mass is 418 g/mol. The summed E-state index contributed by atoms with van der Waals surface area (Å²) in [5.74, 6) is 0.0449. The first kappa shape index (κ1) is 20.0. The van der Waals surface area contributed by atoms with Gasteiger partial charge in [-0.1, -0.05) is 30.3 Å². The number of esters is 1. The van der Waals surface area contributed by atoms with Crippen molar-refractivity contribution in [2.24, 2.45) is 0 Å². The molecular formula is C21H18N6O4. The molecule has 10 heteroatoms. The van der Waals surface area contributed by atoms with Crippen LogP contribution in [0.4, 0.5) is 5.69 Å². The molecule has 0 saturated heterocycles. The minimum Gasteiger partial charge on any atom is -0.455 e. The highest BCUT2D eigenvalue weighted by atomic mass is 16.5. The van der Waals surface area contributed by atoms with Gasteiger partial charge in [-0.2, -0.15) is 0 Å². The van der Waals surface area contributed by atoms with E-state index in [1.165, 1.54) is 11.0 Å². The summed E-state index contributed by atoms with van der Waals surface area (Å²) < 4.78 is 12.4. The molecule has 2 aromatic carbocycles. The van der Waals surface area contributed by atoms with Gasteiger partial charge in [0.1, 0.15) is 30.9 Å². The summed E-state index contributed by atoms with van der Waals surface area (Å²) in [6.07, 6.45) is 1.32. The summed E-state index contributed by atoms with van der Waals surface area (Å²) in [7, 11) is 0. The van der Waals surface area contributed by atoms with Gasteiger partial charge in [0, 0.05) is 5.56 Å². The Kier molecular flexibility index (Phi) is 5.79. The van der Waals surface area contributed by atoms with Crippen molar-refractivity contribution in [3.05, 3.63) is 77.9 Å². The second-order valence-electron chi connectivity index (χ2n) is 6.57. The van der Waals surface area contributed by atoms with Crippen LogP contribution >= 0.6 is 0 Å². The first-order valence-corrected chi connectivity index (χ1v) is 9.38. The zero-order valence-corrected chi connectivity index (χ0v) is 16.6. The molecule has 31 heavy (non-hydrogen) atoms. The van der Waals surface area contributed by atoms with Crippen LogP contribution in [0, 0.1) is 6.92 Å². The normalized spacial score (nSPS) is 10.6. The number of amides is 1. The van der Waals surface area contributed by atoms with E-state index < -0.39 is 5.97 Å². The number of nitrogens with zero attached hydrogens (tertiary/aromatic N) is 5. The Balaban J connectivity index is 1.42. The summed E-state index contributed by atoms with van der Waals surface area (Å²) in [6, 6.07) is 16.0. The summed E-state index contributed by atoms with van der Waals surface area (Å²) >= 11 is 0. The lowest BCUT2D eigenvalue weighted by molar-refractivity contribution is -0.116. The van der Waals surface area contributed by atoms with E-state index in [1.807, 2.05) is 30.3 Å². The van der Waals surface area contributed by atoms with Crippen LogP contribution < -0.4 is 5.32 Å². The molecule has 4 rings (SSSR count). The van der Waals surface area contributed by atoms with E-state index in [-0.39, 0.29) is 24.6 Å². The van der Waals surface area contributed by atoms with Crippen LogP contribution in [0.3, 0.4) is 0 Å². The zero-order chi connectivity index (χ0) is 21.6. The molecule has 0 radical (unpaired) electrons. The first-order chi connectivity index (χ1) is 15.1. The number of nitrogens with one attached hydrogen (secondary N) is 1. The van der Waals surface area contributed by atoms with Gasteiger partial charge in [0.25, 0.3) is 0 Å². The minimum absolute atomic E-state index is 0.0616. The maximum absolute atomic E-state index is 12.7. The Morgan fingerprint density at radius 2 is 1.87 bits per heavy atom. The van der Waals surface area contributed by atoms with Crippen molar-refractivity contribution in [3.63, 3.8) is 0 Å². The highest BCUT2D eigenvalue weighted by Crippen LogP contribution is 2.23. The second kappa shape index (κ2) is 8.99. The van der Waals surface area contributed by atoms with Gasteiger partial charge in [0.05, 0.1) is 11.3 Å². The largest absolute Gasteiger partial charge is 0.455 e. The molecule has 0 fully saturated rings. The number of aryl methyl sites for hydroxylation is 1. The Hall–Kier alpha value is -4.34. The SMILES string of the molecule is Cc1oc(-c2ccccc2)nc1COC(=O)c1ccccc1NC(=O)Cn1cnnn1. The number of rotatable bonds is 7. The molecular weight excluding hydrogens is 400 g/mol. The van der Waals surface area contributed by atoms with Crippen molar-refractivity contribution in [2.75, 3.05) is 5.32 Å². The zero-order valence-electron chi connectivity index (χ0n) is 16.6. The number of anilines is 1. The maximum Gasteiger partial charge on any atom is 0.340 e. The lowest BCUT2D eigenvalue weighted by atomic mass is 10.2. The van der Waals surface area contributed by atoms with E-state index in [1.54, 1.807) is 31.2 Å². The lowest BCUT2D eigenvalue weighted by Crippen LogP contribution is -2.21. The number of benzene rings is 2. The molecule has 0 aliphatic rings. The standard InChI is InChI=1S/C21H18N6O4/c1-14-18(24-20(31-14)15-7-3-2-4-8-15)12-30-21(29)16-9-5-6-10-17(16)23-19(28)11-27-13-22-25-26-27/h2-10,13H,11-12H2,1H3,(H,23,28). The predicted octanol–water partition coefficient (Wildman–Crippen LogP) is 2.63. The number of oxazole rings is 1. The highest BCUT2D eigenvalue weighted by Gasteiger charge is 2.17. The average molecular weight is 418 g/mol. The minimum atomic E-state index is -0.595. The van der Waals surface area contributed by atoms with Crippen molar-refractivity contribution < 1.29 is 18.7 Å². The highest BCUT2D eigenvalue weighted by molar-refractivity contribution is 6.01. The molecule has 4 aromatic rings. The van der Waals surface area contributed by atoms with E-state index in [0.29, 0.717) is 23.0 Å². The van der Waals surface area contributed by atoms with Gasteiger partial charge in [-0.15, -0.1) is 5.10 Å². The summed E-state index contributed by atoms with van der Waals surface area (Å²) in [5, 5.41) is 13.3. The van der Waals surface area contributed by atoms with Crippen molar-refractivity contribution in [3.8, 4) is 11.5 Å². The number of carbonyl (C=O) groups is 2. The van der Waals surface area contributed by atoms with Crippen LogP contribution in [-0.4, -0.2) is 37.1 Å². The van der Waals surface area contributed by atoms with Crippen LogP contribution in [0.15, 0.2) is 65.3 Å². The molecule has 1 amide bonds. The van der Waals surface area contributed by atoms with Crippen LogP contribution in [0.25, 0.3) is 11.5 Å². The van der Waals surface area contributed by atoms with E-state index in [9.17, 15) is 9.59 Å². The second-order valence-corrected chi connectivity index (χ2v) is 6.57. The Labute approximate surface area is 176 Å². The lowest BCUT2D eigenvalue weighted by Gasteiger charge is -2.10. The predicted molar refractivity (Wildman–Crippen MR) is 109 cm³/mol. The van der Waals surface area contributed by atoms with Crippen molar-refractivity contribution in [1.82, 2.24) is 25.2 Å². The van der Waals surface area contributed by atoms with Gasteiger partial charge in [-0.3, -0.25) is 4.79 Å². The quantitative estimate of drug-likeness (QED) is 0.454. The Bertz CT molecular complexity index is 1190. The summed E-state index contributed by atoms with van der Waals surface area (Å²) in [5.41, 5.74) is 1.90. The van der Waals surface area contributed by atoms with Crippen LogP contribution in [0.5, 0.6) is 0 Å². The first-order valence-electron chi connectivity index (χ1n) is 9.38. The molecule has 2 heterocycles. The molecule has 0 saturated carbocycles. The van der Waals surface area contributed by atoms with Gasteiger partial charge in [0.2, 0.25) is 11.8 Å². The molecule has 0 atom stereocenters. The number of hydrogen-bond donors (Lipinski definition) is 1. The number of carbonyl (C=O) groups excluding carboxylic acids is 2. The fraction of sp³-hybridized carbons (Fsp3) is 0.143. The average Bonchev–Trinajstić information content (AvgIpc) is 3.42. The van der Waals surface area contributed by atoms with Crippen LogP contribution in [0.2, 0.25) is 0 Å². The van der Waals surface area contributed by atoms with E-state index in [2.05, 4.69) is 25.8 Å². The summed E-state index contributed by atoms with van der Waals surface area (Å²) in [4.78, 5) is 29.3. The van der Waals surface area contributed by atoms with Crippen molar-refractivity contribution in [1.29, 1.82) is 0 Å². The van der Waals surface area contributed by atoms with Gasteiger partial charge in [0.15, 0.2) is 0 Å². The fourth-order valence-corrected chi connectivity index (χ4v) is 2.84. The van der Waals surface area contributed by atoms with Crippen molar-refractivity contribution >= 4 is 17.6 Å². The molecule has 0 aliphatic heterocycles. The fourth-order valence-electron chi connectivity index (χ4n) is 2.84. The van der Waals surface area contributed by atoms with E-state index in [4.69, 9.17) is 9.15 Å². The molecule has 10 nitrogen and oxygen atoms in total. The molecule has 0 aliphatic carbocycles. The topological polar surface area (TPSA) is 125 Å². The third-order valence-corrected chi connectivity index (χ3v) is 4.37. The van der Waals surface area contributed by atoms with Crippen LogP contribution in [0.1, 0.15) is 21.8 Å². The number of para-hydroxylation sites is 1. The molecule has 2 aromatic heterocycles. The van der Waals surface area contributed by atoms with E-state index in [0.717, 1.165) is 5.56 Å². The van der Waals surface area contributed by atoms with Gasteiger partial charge < -0.3 is 14.5 Å². The van der Waals surface area contributed by atoms with Gasteiger partial charge in [-0.25, -0.2) is 14.5 Å². The molecule has 156 valence electrons. The molecule has 0 bridgehead atoms. The van der Waals surface area contributed by atoms with Gasteiger partial charge in [-0.05, 0) is 41.6 Å². The molecule has 1 N–H and O–H groups in total. The van der Waals surface area contributed by atoms with E-state index >= 15 is 0 Å². The number of aromatic nitrogens is 5. The Morgan fingerprint density at radius 3 is 2.65 bits per heavy atom. The molecule has 0 spiro atoms. The number of tetrazole rings is 1. The number of hydrogen-bond acceptors (Lipinski definition) is 8. The van der Waals surface area contributed by atoms with Crippen molar-refractivity contribution in [2.45, 2.75) is 20.1 Å². The third-order valence-electron chi connectivity index (χ3n) is 4.37. The Morgan fingerprint density at radius 1 is 1.10 bits per heavy atom. The molecule has 0 unspecified atom stereocenters. The maximum atomic E-state index is 12.7. The number of ether oxygens (including phenoxy) is 1. The van der Waals surface area contributed by atoms with Crippen LogP contribution in [-0.2, 0) is 22.7 Å². The van der Waals surface area contributed by atoms with Gasteiger partial charge >= 0.3 is 5.97 Å². The smallest absolute Gasteiger partial charge is 0.340 e.